The number of carboxylic acids is 1. The summed E-state index contributed by atoms with van der Waals surface area (Å²) < 4.78 is 4.61. The van der Waals surface area contributed by atoms with Gasteiger partial charge in [0.25, 0.3) is 0 Å². The number of hydrogen-bond donors (Lipinski definition) is 3. The fourth-order valence-corrected chi connectivity index (χ4v) is 0.961. The van der Waals surface area contributed by atoms with E-state index in [9.17, 15) is 14.4 Å². The fourth-order valence-electron chi connectivity index (χ4n) is 0.961. The molecule has 98 valence electrons. The lowest BCUT2D eigenvalue weighted by Gasteiger charge is -2.17. The molecule has 0 aromatic rings. The van der Waals surface area contributed by atoms with Gasteiger partial charge in [0.1, 0.15) is 6.54 Å². The number of hydrogen-bond acceptors (Lipinski definition) is 4. The van der Waals surface area contributed by atoms with Crippen LogP contribution in [0.2, 0.25) is 0 Å². The molecule has 0 fully saturated rings. The third-order valence-corrected chi connectivity index (χ3v) is 2.20. The number of urea groups is 1. The Morgan fingerprint density at radius 3 is 2.35 bits per heavy atom. The number of nitrogens with one attached hydrogen (secondary N) is 2. The molecule has 0 aromatic heterocycles. The van der Waals surface area contributed by atoms with Gasteiger partial charge >= 0.3 is 18.0 Å². The highest BCUT2D eigenvalue weighted by molar-refractivity contribution is 5.81. The molecule has 0 saturated carbocycles. The molecule has 0 aliphatic carbocycles. The molecule has 0 radical (unpaired) electrons. The maximum Gasteiger partial charge on any atom is 0.325 e. The summed E-state index contributed by atoms with van der Waals surface area (Å²) in [5, 5.41) is 13.4. The SMILES string of the molecule is CCOC(=O)CNC(=O)NC(C)C(C)C(=O)O. The normalized spacial score (nSPS) is 13.4. The van der Waals surface area contributed by atoms with Crippen molar-refractivity contribution < 1.29 is 24.2 Å². The van der Waals surface area contributed by atoms with Gasteiger partial charge in [-0.05, 0) is 20.8 Å². The smallest absolute Gasteiger partial charge is 0.325 e. The van der Waals surface area contributed by atoms with Gasteiger partial charge in [0.05, 0.1) is 12.5 Å². The highest BCUT2D eigenvalue weighted by Crippen LogP contribution is 2.01. The Morgan fingerprint density at radius 1 is 1.29 bits per heavy atom. The highest BCUT2D eigenvalue weighted by Gasteiger charge is 2.20. The number of rotatable bonds is 6. The van der Waals surface area contributed by atoms with Crippen LogP contribution in [0.4, 0.5) is 4.79 Å². The molecule has 0 saturated heterocycles. The van der Waals surface area contributed by atoms with Gasteiger partial charge in [-0.3, -0.25) is 9.59 Å². The molecule has 0 spiro atoms. The number of ether oxygens (including phenoxy) is 1. The minimum Gasteiger partial charge on any atom is -0.481 e. The summed E-state index contributed by atoms with van der Waals surface area (Å²) in [5.41, 5.74) is 0. The first-order valence-corrected chi connectivity index (χ1v) is 5.31. The summed E-state index contributed by atoms with van der Waals surface area (Å²) in [5.74, 6) is -2.24. The van der Waals surface area contributed by atoms with Crippen molar-refractivity contribution in [1.29, 1.82) is 0 Å². The average molecular weight is 246 g/mol. The van der Waals surface area contributed by atoms with Crippen molar-refractivity contribution >= 4 is 18.0 Å². The molecule has 3 N–H and O–H groups in total. The van der Waals surface area contributed by atoms with Crippen molar-refractivity contribution in [2.24, 2.45) is 5.92 Å². The largest absolute Gasteiger partial charge is 0.481 e. The molecule has 2 atom stereocenters. The van der Waals surface area contributed by atoms with Crippen LogP contribution in [0.15, 0.2) is 0 Å². The Labute approximate surface area is 99.5 Å². The number of aliphatic carboxylic acids is 1. The number of carboxylic acid groups (broad SMARTS) is 1. The van der Waals surface area contributed by atoms with Crippen molar-refractivity contribution in [1.82, 2.24) is 10.6 Å². The molecule has 0 bridgehead atoms. The standard InChI is InChI=1S/C10H18N2O5/c1-4-17-8(13)5-11-10(16)12-7(3)6(2)9(14)15/h6-7H,4-5H2,1-3H3,(H,14,15)(H2,11,12,16). The van der Waals surface area contributed by atoms with Gasteiger partial charge in [-0.25, -0.2) is 4.79 Å². The lowest BCUT2D eigenvalue weighted by molar-refractivity contribution is -0.143. The van der Waals surface area contributed by atoms with Gasteiger partial charge in [-0.1, -0.05) is 0 Å². The monoisotopic (exact) mass is 246 g/mol. The third kappa shape index (κ3) is 6.39. The van der Waals surface area contributed by atoms with Crippen molar-refractivity contribution in [2.45, 2.75) is 26.8 Å². The maximum atomic E-state index is 11.3. The first-order valence-electron chi connectivity index (χ1n) is 5.31. The molecule has 0 aliphatic rings. The quantitative estimate of drug-likeness (QED) is 0.570. The molecule has 7 nitrogen and oxygen atoms in total. The van der Waals surface area contributed by atoms with E-state index in [0.29, 0.717) is 0 Å². The van der Waals surface area contributed by atoms with Crippen LogP contribution in [0.3, 0.4) is 0 Å². The van der Waals surface area contributed by atoms with Crippen molar-refractivity contribution in [3.8, 4) is 0 Å². The van der Waals surface area contributed by atoms with E-state index in [2.05, 4.69) is 15.4 Å². The van der Waals surface area contributed by atoms with E-state index in [1.807, 2.05) is 0 Å². The summed E-state index contributed by atoms with van der Waals surface area (Å²) in [6.07, 6.45) is 0. The Balaban J connectivity index is 3.94. The van der Waals surface area contributed by atoms with Crippen LogP contribution in [0.5, 0.6) is 0 Å². The third-order valence-electron chi connectivity index (χ3n) is 2.20. The summed E-state index contributed by atoms with van der Waals surface area (Å²) in [4.78, 5) is 32.8. The fraction of sp³-hybridized carbons (Fsp3) is 0.700. The second kappa shape index (κ2) is 7.48. The van der Waals surface area contributed by atoms with E-state index < -0.39 is 29.9 Å². The van der Waals surface area contributed by atoms with Gasteiger partial charge in [0.15, 0.2) is 0 Å². The van der Waals surface area contributed by atoms with Crippen molar-refractivity contribution in [3.63, 3.8) is 0 Å². The topological polar surface area (TPSA) is 105 Å². The van der Waals surface area contributed by atoms with E-state index in [0.717, 1.165) is 0 Å². The Bertz CT molecular complexity index is 292. The minimum atomic E-state index is -0.997. The van der Waals surface area contributed by atoms with Gasteiger partial charge < -0.3 is 20.5 Å². The molecular formula is C10H18N2O5. The van der Waals surface area contributed by atoms with E-state index in [4.69, 9.17) is 5.11 Å². The molecule has 0 heterocycles. The number of carbonyl (C=O) groups excluding carboxylic acids is 2. The Hall–Kier alpha value is -1.79. The van der Waals surface area contributed by atoms with Crippen molar-refractivity contribution in [2.75, 3.05) is 13.2 Å². The Morgan fingerprint density at radius 2 is 1.88 bits per heavy atom. The molecule has 0 rings (SSSR count). The average Bonchev–Trinajstić information content (AvgIpc) is 2.25. The molecule has 0 aliphatic heterocycles. The van der Waals surface area contributed by atoms with Crippen molar-refractivity contribution in [3.05, 3.63) is 0 Å². The summed E-state index contributed by atoms with van der Waals surface area (Å²) in [6.45, 7) is 4.72. The predicted molar refractivity (Wildman–Crippen MR) is 59.4 cm³/mol. The predicted octanol–water partition coefficient (Wildman–Crippen LogP) is -0.0421. The van der Waals surface area contributed by atoms with Crippen LogP contribution < -0.4 is 10.6 Å². The van der Waals surface area contributed by atoms with Gasteiger partial charge in [-0.15, -0.1) is 0 Å². The number of amides is 2. The summed E-state index contributed by atoms with van der Waals surface area (Å²) in [7, 11) is 0. The van der Waals surface area contributed by atoms with Crippen LogP contribution in [0, 0.1) is 5.92 Å². The maximum absolute atomic E-state index is 11.3. The number of esters is 1. The first kappa shape index (κ1) is 15.2. The van der Waals surface area contributed by atoms with E-state index in [-0.39, 0.29) is 13.2 Å². The molecular weight excluding hydrogens is 228 g/mol. The molecule has 2 unspecified atom stereocenters. The van der Waals surface area contributed by atoms with Gasteiger partial charge in [-0.2, -0.15) is 0 Å². The number of carbonyl (C=O) groups is 3. The first-order chi connectivity index (χ1) is 7.88. The van der Waals surface area contributed by atoms with Gasteiger partial charge in [0.2, 0.25) is 0 Å². The Kier molecular flexibility index (Phi) is 6.69. The zero-order valence-electron chi connectivity index (χ0n) is 10.1. The zero-order valence-corrected chi connectivity index (χ0v) is 10.1. The van der Waals surface area contributed by atoms with Crippen LogP contribution in [0.1, 0.15) is 20.8 Å². The van der Waals surface area contributed by atoms with Gasteiger partial charge in [0, 0.05) is 6.04 Å². The van der Waals surface area contributed by atoms with Crippen LogP contribution in [-0.4, -0.2) is 42.3 Å². The van der Waals surface area contributed by atoms with E-state index in [1.165, 1.54) is 6.92 Å². The second-order valence-electron chi connectivity index (χ2n) is 3.55. The lowest BCUT2D eigenvalue weighted by Crippen LogP contribution is -2.46. The summed E-state index contributed by atoms with van der Waals surface area (Å²) >= 11 is 0. The van der Waals surface area contributed by atoms with E-state index >= 15 is 0 Å². The highest BCUT2D eigenvalue weighted by atomic mass is 16.5. The molecule has 2 amide bonds. The molecule has 0 aromatic carbocycles. The molecule has 17 heavy (non-hydrogen) atoms. The summed E-state index contributed by atoms with van der Waals surface area (Å²) in [6, 6.07) is -1.13. The second-order valence-corrected chi connectivity index (χ2v) is 3.55. The molecule has 7 heteroatoms. The minimum absolute atomic E-state index is 0.242. The van der Waals surface area contributed by atoms with Crippen LogP contribution in [0.25, 0.3) is 0 Å². The zero-order chi connectivity index (χ0) is 13.4. The van der Waals surface area contributed by atoms with E-state index in [1.54, 1.807) is 13.8 Å². The lowest BCUT2D eigenvalue weighted by atomic mass is 10.0. The van der Waals surface area contributed by atoms with Crippen LogP contribution >= 0.6 is 0 Å². The van der Waals surface area contributed by atoms with Crippen LogP contribution in [-0.2, 0) is 14.3 Å².